The highest BCUT2D eigenvalue weighted by Gasteiger charge is 2.10. The zero-order valence-electron chi connectivity index (χ0n) is 12.9. The largest absolute Gasteiger partial charge is 0.380 e. The van der Waals surface area contributed by atoms with E-state index in [-0.39, 0.29) is 5.91 Å². The van der Waals surface area contributed by atoms with Crippen LogP contribution in [0.15, 0.2) is 42.5 Å². The molecule has 0 bridgehead atoms. The summed E-state index contributed by atoms with van der Waals surface area (Å²) >= 11 is 5.94. The minimum atomic E-state index is -0.0538. The van der Waals surface area contributed by atoms with Gasteiger partial charge in [-0.2, -0.15) is 0 Å². The Morgan fingerprint density at radius 1 is 1.18 bits per heavy atom. The average molecular weight is 318 g/mol. The Balaban J connectivity index is 2.34. The fourth-order valence-corrected chi connectivity index (χ4v) is 2.39. The third kappa shape index (κ3) is 4.09. The molecular weight excluding hydrogens is 298 g/mol. The van der Waals surface area contributed by atoms with Crippen LogP contribution >= 0.6 is 11.6 Å². The molecule has 4 heteroatoms. The highest BCUT2D eigenvalue weighted by atomic mass is 35.5. The second-order valence-electron chi connectivity index (χ2n) is 5.07. The molecule has 0 spiro atoms. The number of hydrogen-bond donors (Lipinski definition) is 1. The predicted molar refractivity (Wildman–Crippen MR) is 90.2 cm³/mol. The molecule has 0 aliphatic carbocycles. The highest BCUT2D eigenvalue weighted by molar-refractivity contribution is 6.30. The topological polar surface area (TPSA) is 38.3 Å². The molecule has 0 aliphatic heterocycles. The van der Waals surface area contributed by atoms with E-state index in [1.54, 1.807) is 7.11 Å². The van der Waals surface area contributed by atoms with Gasteiger partial charge in [-0.1, -0.05) is 36.7 Å². The van der Waals surface area contributed by atoms with Crippen molar-refractivity contribution >= 4 is 17.5 Å². The number of ether oxygens (including phenoxy) is 1. The van der Waals surface area contributed by atoms with Gasteiger partial charge in [-0.05, 0) is 47.4 Å². The molecule has 0 aliphatic rings. The summed E-state index contributed by atoms with van der Waals surface area (Å²) in [6.07, 6.45) is 0.916. The second-order valence-corrected chi connectivity index (χ2v) is 5.50. The van der Waals surface area contributed by atoms with E-state index >= 15 is 0 Å². The molecule has 0 fully saturated rings. The molecular formula is C18H20ClNO2. The quantitative estimate of drug-likeness (QED) is 0.863. The van der Waals surface area contributed by atoms with Crippen molar-refractivity contribution in [2.45, 2.75) is 20.0 Å². The van der Waals surface area contributed by atoms with Crippen molar-refractivity contribution in [2.24, 2.45) is 0 Å². The van der Waals surface area contributed by atoms with Crippen molar-refractivity contribution in [3.05, 3.63) is 58.6 Å². The van der Waals surface area contributed by atoms with Crippen LogP contribution in [0.25, 0.3) is 11.1 Å². The summed E-state index contributed by atoms with van der Waals surface area (Å²) in [5.74, 6) is -0.0538. The van der Waals surface area contributed by atoms with Gasteiger partial charge < -0.3 is 10.1 Å². The Morgan fingerprint density at radius 2 is 1.91 bits per heavy atom. The van der Waals surface area contributed by atoms with Crippen LogP contribution in [0.3, 0.4) is 0 Å². The maximum Gasteiger partial charge on any atom is 0.251 e. The van der Waals surface area contributed by atoms with E-state index in [2.05, 4.69) is 5.32 Å². The zero-order chi connectivity index (χ0) is 15.9. The van der Waals surface area contributed by atoms with E-state index in [4.69, 9.17) is 16.3 Å². The Kier molecular flexibility index (Phi) is 5.99. The number of benzene rings is 2. The molecule has 0 aromatic heterocycles. The van der Waals surface area contributed by atoms with E-state index in [0.717, 1.165) is 23.1 Å². The second kappa shape index (κ2) is 7.97. The summed E-state index contributed by atoms with van der Waals surface area (Å²) in [6, 6.07) is 13.3. The highest BCUT2D eigenvalue weighted by Crippen LogP contribution is 2.27. The van der Waals surface area contributed by atoms with Crippen molar-refractivity contribution < 1.29 is 9.53 Å². The van der Waals surface area contributed by atoms with E-state index in [9.17, 15) is 4.79 Å². The average Bonchev–Trinajstić information content (AvgIpc) is 2.54. The molecule has 3 nitrogen and oxygen atoms in total. The van der Waals surface area contributed by atoms with Gasteiger partial charge in [0.2, 0.25) is 0 Å². The third-order valence-corrected chi connectivity index (χ3v) is 3.61. The monoisotopic (exact) mass is 317 g/mol. The summed E-state index contributed by atoms with van der Waals surface area (Å²) in [5.41, 5.74) is 3.73. The van der Waals surface area contributed by atoms with Gasteiger partial charge in [0.15, 0.2) is 0 Å². The van der Waals surface area contributed by atoms with E-state index in [0.29, 0.717) is 23.7 Å². The normalized spacial score (nSPS) is 10.5. The molecule has 2 aromatic rings. The predicted octanol–water partition coefficient (Wildman–Crippen LogP) is 4.29. The number of carbonyl (C=O) groups is 1. The summed E-state index contributed by atoms with van der Waals surface area (Å²) in [7, 11) is 1.65. The van der Waals surface area contributed by atoms with Gasteiger partial charge in [0, 0.05) is 24.2 Å². The van der Waals surface area contributed by atoms with Crippen LogP contribution in [0.4, 0.5) is 0 Å². The van der Waals surface area contributed by atoms with E-state index in [1.165, 1.54) is 0 Å². The minimum Gasteiger partial charge on any atom is -0.380 e. The molecule has 0 saturated heterocycles. The van der Waals surface area contributed by atoms with Gasteiger partial charge in [-0.15, -0.1) is 0 Å². The van der Waals surface area contributed by atoms with Crippen LogP contribution in [0.2, 0.25) is 5.02 Å². The minimum absolute atomic E-state index is 0.0538. The number of nitrogens with one attached hydrogen (secondary N) is 1. The van der Waals surface area contributed by atoms with Crippen molar-refractivity contribution in [1.82, 2.24) is 5.32 Å². The third-order valence-electron chi connectivity index (χ3n) is 3.36. The molecule has 2 rings (SSSR count). The first-order valence-electron chi connectivity index (χ1n) is 7.31. The number of halogens is 1. The lowest BCUT2D eigenvalue weighted by Crippen LogP contribution is -2.24. The van der Waals surface area contributed by atoms with Crippen LogP contribution in [-0.2, 0) is 11.3 Å². The molecule has 0 saturated carbocycles. The van der Waals surface area contributed by atoms with Crippen molar-refractivity contribution in [3.63, 3.8) is 0 Å². The number of hydrogen-bond acceptors (Lipinski definition) is 2. The molecule has 0 heterocycles. The summed E-state index contributed by atoms with van der Waals surface area (Å²) < 4.78 is 5.27. The first kappa shape index (κ1) is 16.5. The van der Waals surface area contributed by atoms with Crippen LogP contribution in [0, 0.1) is 0 Å². The Labute approximate surface area is 136 Å². The first-order chi connectivity index (χ1) is 10.7. The summed E-state index contributed by atoms with van der Waals surface area (Å²) in [4.78, 5) is 12.1. The molecule has 1 N–H and O–H groups in total. The molecule has 0 radical (unpaired) electrons. The SMILES string of the molecule is CCCNC(=O)c1ccc(-c2ccc(Cl)cc2)c(COC)c1. The van der Waals surface area contributed by atoms with Crippen LogP contribution in [0.5, 0.6) is 0 Å². The van der Waals surface area contributed by atoms with Crippen LogP contribution in [0.1, 0.15) is 29.3 Å². The lowest BCUT2D eigenvalue weighted by Gasteiger charge is -2.12. The van der Waals surface area contributed by atoms with Crippen molar-refractivity contribution in [2.75, 3.05) is 13.7 Å². The maximum atomic E-state index is 12.1. The van der Waals surface area contributed by atoms with Gasteiger partial charge in [0.25, 0.3) is 5.91 Å². The lowest BCUT2D eigenvalue weighted by molar-refractivity contribution is 0.0953. The van der Waals surface area contributed by atoms with Gasteiger partial charge >= 0.3 is 0 Å². The number of carbonyl (C=O) groups excluding carboxylic acids is 1. The maximum absolute atomic E-state index is 12.1. The zero-order valence-corrected chi connectivity index (χ0v) is 13.6. The van der Waals surface area contributed by atoms with Gasteiger partial charge in [-0.3, -0.25) is 4.79 Å². The van der Waals surface area contributed by atoms with Crippen molar-refractivity contribution in [3.8, 4) is 11.1 Å². The standard InChI is InChI=1S/C18H20ClNO2/c1-3-10-20-18(21)14-6-9-17(15(11-14)12-22-2)13-4-7-16(19)8-5-13/h4-9,11H,3,10,12H2,1-2H3,(H,20,21). The van der Waals surface area contributed by atoms with Gasteiger partial charge in [-0.25, -0.2) is 0 Å². The van der Waals surface area contributed by atoms with Crippen molar-refractivity contribution in [1.29, 1.82) is 0 Å². The number of amides is 1. The smallest absolute Gasteiger partial charge is 0.251 e. The van der Waals surface area contributed by atoms with Crippen LogP contribution in [-0.4, -0.2) is 19.6 Å². The first-order valence-corrected chi connectivity index (χ1v) is 7.69. The molecule has 0 atom stereocenters. The van der Waals surface area contributed by atoms with E-state index in [1.807, 2.05) is 49.4 Å². The number of methoxy groups -OCH3 is 1. The van der Waals surface area contributed by atoms with Gasteiger partial charge in [0.05, 0.1) is 6.61 Å². The molecule has 116 valence electrons. The van der Waals surface area contributed by atoms with E-state index < -0.39 is 0 Å². The van der Waals surface area contributed by atoms with Gasteiger partial charge in [0.1, 0.15) is 0 Å². The lowest BCUT2D eigenvalue weighted by atomic mass is 9.97. The Morgan fingerprint density at radius 3 is 2.55 bits per heavy atom. The molecule has 2 aromatic carbocycles. The Bertz CT molecular complexity index is 638. The van der Waals surface area contributed by atoms with Crippen LogP contribution < -0.4 is 5.32 Å². The summed E-state index contributed by atoms with van der Waals surface area (Å²) in [6.45, 7) is 3.16. The molecule has 22 heavy (non-hydrogen) atoms. The Hall–Kier alpha value is -1.84. The molecule has 0 unspecified atom stereocenters. The number of rotatable bonds is 6. The molecule has 1 amide bonds. The fraction of sp³-hybridized carbons (Fsp3) is 0.278. The summed E-state index contributed by atoms with van der Waals surface area (Å²) in [5, 5.41) is 3.59. The fourth-order valence-electron chi connectivity index (χ4n) is 2.26.